The van der Waals surface area contributed by atoms with Crippen LogP contribution in [0.15, 0.2) is 53.0 Å². The number of rotatable bonds is 8. The van der Waals surface area contributed by atoms with Crippen LogP contribution in [0, 0.1) is 17.8 Å². The number of hydrogen-bond acceptors (Lipinski definition) is 9. The molecule has 3 fully saturated rings. The van der Waals surface area contributed by atoms with Crippen molar-refractivity contribution in [3.63, 3.8) is 0 Å². The molecule has 1 aromatic carbocycles. The number of halogens is 1. The number of cyclic esters (lactones) is 1. The van der Waals surface area contributed by atoms with Crippen LogP contribution in [0.25, 0.3) is 0 Å². The van der Waals surface area contributed by atoms with Crippen LogP contribution in [-0.4, -0.2) is 126 Å². The summed E-state index contributed by atoms with van der Waals surface area (Å²) in [5, 5.41) is 13.8. The lowest BCUT2D eigenvalue weighted by molar-refractivity contribution is -0.151. The normalized spacial score (nSPS) is 32.6. The molecule has 5 aliphatic rings. The minimum atomic E-state index is -1.42. The molecule has 12 nitrogen and oxygen atoms in total. The van der Waals surface area contributed by atoms with Crippen LogP contribution in [0.4, 0.5) is 0 Å². The highest BCUT2D eigenvalue weighted by atomic mass is 79.9. The van der Waals surface area contributed by atoms with Crippen molar-refractivity contribution in [2.45, 2.75) is 62.9 Å². The lowest BCUT2D eigenvalue weighted by Gasteiger charge is -2.39. The zero-order valence-electron chi connectivity index (χ0n) is 28.2. The Labute approximate surface area is 295 Å². The summed E-state index contributed by atoms with van der Waals surface area (Å²) in [5.74, 6) is -3.37. The maximum Gasteiger partial charge on any atom is 0.306 e. The van der Waals surface area contributed by atoms with Crippen molar-refractivity contribution in [2.75, 3.05) is 59.2 Å². The summed E-state index contributed by atoms with van der Waals surface area (Å²) in [7, 11) is 0. The monoisotopic (exact) mass is 742 g/mol. The molecule has 3 amide bonds. The van der Waals surface area contributed by atoms with Gasteiger partial charge >= 0.3 is 5.97 Å². The number of amides is 3. The molecule has 6 rings (SSSR count). The molecule has 3 saturated heterocycles. The number of carbonyl (C=O) groups excluding carboxylic acids is 4. The predicted molar refractivity (Wildman–Crippen MR) is 183 cm³/mol. The Balaban J connectivity index is 1.41. The average molecular weight is 744 g/mol. The van der Waals surface area contributed by atoms with E-state index in [1.54, 1.807) is 11.0 Å². The predicted octanol–water partition coefficient (Wildman–Crippen LogP) is 2.18. The zero-order chi connectivity index (χ0) is 34.7. The lowest BCUT2D eigenvalue weighted by Crippen LogP contribution is -2.59. The van der Waals surface area contributed by atoms with Crippen LogP contribution >= 0.6 is 15.9 Å². The van der Waals surface area contributed by atoms with Crippen molar-refractivity contribution < 1.29 is 38.5 Å². The molecule has 2 N–H and O–H groups in total. The van der Waals surface area contributed by atoms with Crippen LogP contribution in [0.1, 0.15) is 44.7 Å². The molecule has 1 aromatic rings. The van der Waals surface area contributed by atoms with Gasteiger partial charge in [0.05, 0.1) is 43.7 Å². The molecule has 0 aromatic heterocycles. The standard InChI is InChI=1S/C36H47BrN4O8/c1-23(2)19-25(21-42)41-32-35(46)40(14-13-39-15-17-47-18-16-39)12-8-4-7-11-28(43)48-22-27(24-9-5-3-6-10-24)38-33(44)29-30(34(41)45)36(32)20-26(37)31(29)49-36/h3-6,8-10,20,23,25,27,29-32,42H,7,11-19,21-22H2,1-2H3,(H,38,44)/b8-4-/t25-,27+,29+,30-,31+,32+,36-/m1/s1. The molecular weight excluding hydrogens is 696 g/mol. The summed E-state index contributed by atoms with van der Waals surface area (Å²) < 4.78 is 18.5. The van der Waals surface area contributed by atoms with Gasteiger partial charge in [-0.1, -0.05) is 72.3 Å². The van der Waals surface area contributed by atoms with Gasteiger partial charge in [-0.2, -0.15) is 0 Å². The van der Waals surface area contributed by atoms with E-state index in [0.717, 1.165) is 18.7 Å². The van der Waals surface area contributed by atoms with Gasteiger partial charge in [0, 0.05) is 43.6 Å². The number of allylic oxidation sites excluding steroid dienone is 1. The quantitative estimate of drug-likeness (QED) is 0.303. The van der Waals surface area contributed by atoms with Gasteiger partial charge in [-0.15, -0.1) is 0 Å². The van der Waals surface area contributed by atoms with Gasteiger partial charge in [0.15, 0.2) is 0 Å². The van der Waals surface area contributed by atoms with Crippen molar-refractivity contribution in [1.82, 2.24) is 20.0 Å². The molecule has 5 aliphatic heterocycles. The first kappa shape index (κ1) is 35.7. The molecule has 5 bridgehead atoms. The van der Waals surface area contributed by atoms with E-state index < -0.39 is 53.5 Å². The van der Waals surface area contributed by atoms with Crippen molar-refractivity contribution in [1.29, 1.82) is 0 Å². The Morgan fingerprint density at radius 2 is 1.80 bits per heavy atom. The number of nitrogens with zero attached hydrogens (tertiary/aromatic N) is 3. The topological polar surface area (TPSA) is 138 Å². The van der Waals surface area contributed by atoms with E-state index in [1.165, 1.54) is 4.90 Å². The number of aliphatic hydroxyl groups excluding tert-OH is 1. The number of aliphatic hydroxyl groups is 1. The van der Waals surface area contributed by atoms with E-state index in [0.29, 0.717) is 43.6 Å². The number of hydrogen-bond donors (Lipinski definition) is 2. The number of likely N-dealkylation sites (tertiary alicyclic amines) is 1. The molecule has 7 atom stereocenters. The van der Waals surface area contributed by atoms with Gasteiger partial charge in [0.25, 0.3) is 0 Å². The second-order valence-electron chi connectivity index (χ2n) is 13.9. The van der Waals surface area contributed by atoms with Gasteiger partial charge in [-0.3, -0.25) is 24.1 Å². The number of esters is 1. The SMILES string of the molecule is CC(C)C[C@H](CO)N1C(=O)[C@H]2[C@@H]3C(=O)N[C@H](c4ccccc4)COC(=O)CC/C=C\CN(CCN4CCOCC4)C(=O)[C@H]1[C@@]21C=C(Br)[C@@H]3O1. The number of fused-ring (bicyclic) bond motifs is 2. The van der Waals surface area contributed by atoms with E-state index in [4.69, 9.17) is 14.2 Å². The summed E-state index contributed by atoms with van der Waals surface area (Å²) in [4.78, 5) is 62.4. The first-order chi connectivity index (χ1) is 23.6. The number of ether oxygens (including phenoxy) is 3. The molecule has 0 unspecified atom stereocenters. The Morgan fingerprint density at radius 1 is 1.04 bits per heavy atom. The maximum absolute atomic E-state index is 15.0. The molecule has 5 heterocycles. The highest BCUT2D eigenvalue weighted by molar-refractivity contribution is 9.11. The maximum atomic E-state index is 15.0. The molecule has 0 aliphatic carbocycles. The fourth-order valence-corrected chi connectivity index (χ4v) is 8.68. The van der Waals surface area contributed by atoms with Gasteiger partial charge in [-0.25, -0.2) is 0 Å². The smallest absolute Gasteiger partial charge is 0.306 e. The van der Waals surface area contributed by atoms with E-state index >= 15 is 4.79 Å². The van der Waals surface area contributed by atoms with Crippen LogP contribution in [0.3, 0.4) is 0 Å². The van der Waals surface area contributed by atoms with Crippen LogP contribution < -0.4 is 5.32 Å². The van der Waals surface area contributed by atoms with E-state index in [9.17, 15) is 19.5 Å². The third-order valence-corrected chi connectivity index (χ3v) is 11.0. The Morgan fingerprint density at radius 3 is 2.51 bits per heavy atom. The Bertz CT molecular complexity index is 1450. The summed E-state index contributed by atoms with van der Waals surface area (Å²) in [6, 6.07) is 6.81. The van der Waals surface area contributed by atoms with Gasteiger partial charge < -0.3 is 34.4 Å². The summed E-state index contributed by atoms with van der Waals surface area (Å²) in [6.45, 7) is 7.58. The van der Waals surface area contributed by atoms with E-state index in [1.807, 2.05) is 56.3 Å². The fraction of sp³-hybridized carbons (Fsp3) is 0.611. The zero-order valence-corrected chi connectivity index (χ0v) is 29.8. The van der Waals surface area contributed by atoms with Crippen LogP contribution in [0.2, 0.25) is 0 Å². The number of carbonyl (C=O) groups is 4. The van der Waals surface area contributed by atoms with E-state index in [2.05, 4.69) is 26.1 Å². The van der Waals surface area contributed by atoms with Gasteiger partial charge in [0.1, 0.15) is 24.4 Å². The number of nitrogens with one attached hydrogen (secondary N) is 1. The lowest BCUT2D eigenvalue weighted by atomic mass is 9.74. The highest BCUT2D eigenvalue weighted by Crippen LogP contribution is 2.59. The summed E-state index contributed by atoms with van der Waals surface area (Å²) >= 11 is 3.63. The molecule has 1 spiro atoms. The third-order valence-electron chi connectivity index (χ3n) is 10.3. The summed E-state index contributed by atoms with van der Waals surface area (Å²) in [6.07, 6.45) is 5.77. The minimum absolute atomic E-state index is 0.0825. The molecule has 13 heteroatoms. The number of benzene rings is 1. The van der Waals surface area contributed by atoms with Gasteiger partial charge in [-0.05, 0) is 30.4 Å². The highest BCUT2D eigenvalue weighted by Gasteiger charge is 2.75. The van der Waals surface area contributed by atoms with Crippen molar-refractivity contribution in [2.24, 2.45) is 17.8 Å². The molecule has 49 heavy (non-hydrogen) atoms. The average Bonchev–Trinajstić information content (AvgIpc) is 3.69. The number of morpholine rings is 1. The van der Waals surface area contributed by atoms with Gasteiger partial charge in [0.2, 0.25) is 17.7 Å². The molecule has 0 saturated carbocycles. The van der Waals surface area contributed by atoms with E-state index in [-0.39, 0.29) is 43.9 Å². The summed E-state index contributed by atoms with van der Waals surface area (Å²) in [5.41, 5.74) is -0.677. The molecule has 0 radical (unpaired) electrons. The Kier molecular flexibility index (Phi) is 11.2. The second kappa shape index (κ2) is 15.4. The first-order valence-electron chi connectivity index (χ1n) is 17.4. The van der Waals surface area contributed by atoms with Crippen LogP contribution in [0.5, 0.6) is 0 Å². The third kappa shape index (κ3) is 7.23. The van der Waals surface area contributed by atoms with Crippen molar-refractivity contribution >= 4 is 39.6 Å². The largest absolute Gasteiger partial charge is 0.463 e. The molecular formula is C36H47BrN4O8. The van der Waals surface area contributed by atoms with Crippen LogP contribution in [-0.2, 0) is 33.4 Å². The minimum Gasteiger partial charge on any atom is -0.463 e. The second-order valence-corrected chi connectivity index (χ2v) is 14.9. The first-order valence-corrected chi connectivity index (χ1v) is 18.2. The van der Waals surface area contributed by atoms with Crippen molar-refractivity contribution in [3.05, 3.63) is 58.6 Å². The fourth-order valence-electron chi connectivity index (χ4n) is 7.94. The Hall–Kier alpha value is -3.10. The molecule has 266 valence electrons. The van der Waals surface area contributed by atoms with Crippen molar-refractivity contribution in [3.8, 4) is 0 Å².